The molecule has 2 aromatic rings. The van der Waals surface area contributed by atoms with Gasteiger partial charge in [-0.15, -0.1) is 0 Å². The van der Waals surface area contributed by atoms with E-state index in [1.54, 1.807) is 20.8 Å². The Balaban J connectivity index is 0.000000676. The Morgan fingerprint density at radius 1 is 1.02 bits per heavy atom. The van der Waals surface area contributed by atoms with Gasteiger partial charge in [0.25, 0.3) is 0 Å². The zero-order valence-corrected chi connectivity index (χ0v) is 26.9. The van der Waals surface area contributed by atoms with E-state index < -0.39 is 39.5 Å². The number of aromatic nitrogens is 1. The van der Waals surface area contributed by atoms with Gasteiger partial charge in [-0.1, -0.05) is 0 Å². The summed E-state index contributed by atoms with van der Waals surface area (Å²) >= 11 is 0. The second kappa shape index (κ2) is 12.0. The number of rotatable bonds is 7. The predicted octanol–water partition coefficient (Wildman–Crippen LogP) is 3.63. The lowest BCUT2D eigenvalue weighted by Crippen LogP contribution is -2.39. The van der Waals surface area contributed by atoms with E-state index in [1.807, 2.05) is 33.3 Å². The van der Waals surface area contributed by atoms with E-state index in [9.17, 15) is 30.8 Å². The number of alkyl halides is 4. The molecule has 2 N–H and O–H groups in total. The molecule has 1 aromatic heterocycles. The maximum absolute atomic E-state index is 14.4. The van der Waals surface area contributed by atoms with Crippen molar-refractivity contribution in [3.8, 4) is 0 Å². The SMILES string of the molecule is CC(C)(F)CNS(=O)(=O)c1c2c(cc3c([N+](C)(C)C)nc(C4CC4)cc13)CC(NC(=O)OC(C)(C)C)C2.O=C([O-])C(F)(F)F. The number of quaternary nitrogens is 1. The fourth-order valence-electron chi connectivity index (χ4n) is 4.77. The first kappa shape index (κ1) is 35.4. The fraction of sp³-hybridized carbons (Fsp3) is 0.621. The third-order valence-corrected chi connectivity index (χ3v) is 8.26. The van der Waals surface area contributed by atoms with Gasteiger partial charge in [0, 0.05) is 23.9 Å². The molecule has 1 atom stereocenters. The predicted molar refractivity (Wildman–Crippen MR) is 155 cm³/mol. The Morgan fingerprint density at radius 2 is 1.59 bits per heavy atom. The van der Waals surface area contributed by atoms with Crippen LogP contribution in [0.4, 0.5) is 28.2 Å². The minimum Gasteiger partial charge on any atom is -0.542 e. The molecule has 1 unspecified atom stereocenters. The number of ether oxygens (including phenoxy) is 1. The molecule has 44 heavy (non-hydrogen) atoms. The van der Waals surface area contributed by atoms with Crippen LogP contribution in [-0.4, -0.2) is 76.6 Å². The van der Waals surface area contributed by atoms with Crippen LogP contribution < -0.4 is 19.6 Å². The third kappa shape index (κ3) is 9.24. The minimum atomic E-state index is -5.19. The quantitative estimate of drug-likeness (QED) is 0.346. The molecule has 0 radical (unpaired) electrons. The highest BCUT2D eigenvalue weighted by Crippen LogP contribution is 2.45. The number of pyridine rings is 1. The van der Waals surface area contributed by atoms with E-state index in [4.69, 9.17) is 19.6 Å². The summed E-state index contributed by atoms with van der Waals surface area (Å²) in [4.78, 5) is 26.4. The molecule has 1 saturated carbocycles. The molecule has 1 heterocycles. The van der Waals surface area contributed by atoms with Gasteiger partial charge in [-0.2, -0.15) is 13.2 Å². The van der Waals surface area contributed by atoms with Crippen molar-refractivity contribution in [2.75, 3.05) is 27.7 Å². The van der Waals surface area contributed by atoms with E-state index in [2.05, 4.69) is 10.0 Å². The van der Waals surface area contributed by atoms with E-state index in [-0.39, 0.29) is 17.5 Å². The highest BCUT2D eigenvalue weighted by atomic mass is 32.2. The zero-order valence-electron chi connectivity index (χ0n) is 26.1. The van der Waals surface area contributed by atoms with E-state index in [0.29, 0.717) is 34.2 Å². The summed E-state index contributed by atoms with van der Waals surface area (Å²) in [6.45, 7) is 7.72. The maximum atomic E-state index is 14.4. The molecule has 0 saturated heterocycles. The van der Waals surface area contributed by atoms with Gasteiger partial charge in [0.05, 0.1) is 37.1 Å². The van der Waals surface area contributed by atoms with E-state index >= 15 is 0 Å². The third-order valence-electron chi connectivity index (χ3n) is 6.73. The smallest absolute Gasteiger partial charge is 0.430 e. The highest BCUT2D eigenvalue weighted by molar-refractivity contribution is 7.89. The molecule has 1 amide bonds. The summed E-state index contributed by atoms with van der Waals surface area (Å²) in [6, 6.07) is 3.59. The van der Waals surface area contributed by atoms with Crippen LogP contribution in [-0.2, 0) is 32.4 Å². The van der Waals surface area contributed by atoms with Crippen LogP contribution in [0.2, 0.25) is 0 Å². The number of amides is 1. The number of hydrogen-bond acceptors (Lipinski definition) is 7. The van der Waals surface area contributed by atoms with Gasteiger partial charge in [0.1, 0.15) is 17.2 Å². The molecule has 2 aliphatic carbocycles. The summed E-state index contributed by atoms with van der Waals surface area (Å²) in [5.41, 5.74) is 0.0171. The molecule has 1 fully saturated rings. The van der Waals surface area contributed by atoms with Gasteiger partial charge >= 0.3 is 12.3 Å². The Bertz CT molecular complexity index is 1540. The number of carbonyl (C=O) groups is 2. The molecule has 4 rings (SSSR count). The van der Waals surface area contributed by atoms with Crippen LogP contribution in [0, 0.1) is 0 Å². The van der Waals surface area contributed by atoms with Crippen molar-refractivity contribution in [2.24, 2.45) is 0 Å². The van der Waals surface area contributed by atoms with E-state index in [0.717, 1.165) is 35.3 Å². The second-order valence-electron chi connectivity index (χ2n) is 13.7. The van der Waals surface area contributed by atoms with Crippen molar-refractivity contribution in [3.63, 3.8) is 0 Å². The van der Waals surface area contributed by atoms with Gasteiger partial charge in [0.15, 0.2) is 0 Å². The lowest BCUT2D eigenvalue weighted by atomic mass is 10.0. The lowest BCUT2D eigenvalue weighted by Gasteiger charge is -2.26. The van der Waals surface area contributed by atoms with Crippen molar-refractivity contribution in [2.45, 2.75) is 94.6 Å². The largest absolute Gasteiger partial charge is 0.542 e. The van der Waals surface area contributed by atoms with Crippen LogP contribution in [0.5, 0.6) is 0 Å². The minimum absolute atomic E-state index is 0.164. The van der Waals surface area contributed by atoms with Crippen molar-refractivity contribution in [1.82, 2.24) is 19.5 Å². The maximum Gasteiger partial charge on any atom is 0.430 e. The van der Waals surface area contributed by atoms with Crippen LogP contribution in [0.15, 0.2) is 17.0 Å². The van der Waals surface area contributed by atoms with Crippen molar-refractivity contribution in [1.29, 1.82) is 0 Å². The molecule has 0 spiro atoms. The number of benzene rings is 1. The van der Waals surface area contributed by atoms with Crippen LogP contribution >= 0.6 is 0 Å². The first-order chi connectivity index (χ1) is 19.8. The standard InChI is InChI=1S/C27H39FN4O4S.C2HF3O2/c1-26(2,3)36-25(33)30-18-11-17-12-21-20(14-22(16-9-10-16)31-24(21)32(6,7)8)23(19(17)13-18)37(34,35)29-15-27(4,5)28;3-2(4,5)1(6)7/h12,14,16,18,29H,9-11,13,15H2,1-8H3;(H,6,7). The number of halogens is 4. The normalized spacial score (nSPS) is 17.5. The van der Waals surface area contributed by atoms with Crippen LogP contribution in [0.25, 0.3) is 10.8 Å². The first-order valence-electron chi connectivity index (χ1n) is 14.1. The van der Waals surface area contributed by atoms with Crippen molar-refractivity contribution < 1.29 is 45.4 Å². The number of hydrogen-bond donors (Lipinski definition) is 2. The van der Waals surface area contributed by atoms with Gasteiger partial charge in [-0.3, -0.25) is 4.48 Å². The van der Waals surface area contributed by atoms with E-state index in [1.165, 1.54) is 13.8 Å². The summed E-state index contributed by atoms with van der Waals surface area (Å²) < 4.78 is 81.9. The summed E-state index contributed by atoms with van der Waals surface area (Å²) in [7, 11) is 1.95. The number of fused-ring (bicyclic) bond motifs is 2. The number of nitrogens with one attached hydrogen (secondary N) is 2. The molecule has 15 heteroatoms. The highest BCUT2D eigenvalue weighted by Gasteiger charge is 2.37. The lowest BCUT2D eigenvalue weighted by molar-refractivity contribution is -0.344. The molecule has 10 nitrogen and oxygen atoms in total. The Kier molecular flexibility index (Phi) is 9.70. The Morgan fingerprint density at radius 3 is 2.05 bits per heavy atom. The van der Waals surface area contributed by atoms with Crippen LogP contribution in [0.3, 0.4) is 0 Å². The number of carboxylic acids is 1. The summed E-state index contributed by atoms with van der Waals surface area (Å²) in [5.74, 6) is -1.90. The van der Waals surface area contributed by atoms with Gasteiger partial charge in [0.2, 0.25) is 15.8 Å². The zero-order chi connectivity index (χ0) is 33.6. The summed E-state index contributed by atoms with van der Waals surface area (Å²) in [6.07, 6.45) is -2.89. The average molecular weight is 649 g/mol. The number of nitrogens with zero attached hydrogens (tertiary/aromatic N) is 2. The number of sulfonamides is 1. The fourth-order valence-corrected chi connectivity index (χ4v) is 6.45. The topological polar surface area (TPSA) is 138 Å². The molecule has 0 aliphatic heterocycles. The Hall–Kier alpha value is -3.04. The number of aliphatic carboxylic acids is 1. The number of alkyl carbamates (subject to hydrolysis) is 1. The summed E-state index contributed by atoms with van der Waals surface area (Å²) in [5, 5.41) is 13.0. The monoisotopic (exact) mass is 648 g/mol. The molecule has 2 aliphatic rings. The molecular formula is C29H40F4N4O6S. The molecule has 1 aromatic carbocycles. The molecule has 0 bridgehead atoms. The first-order valence-corrected chi connectivity index (χ1v) is 15.5. The van der Waals surface area contributed by atoms with Crippen molar-refractivity contribution in [3.05, 3.63) is 29.0 Å². The van der Waals surface area contributed by atoms with Crippen LogP contribution in [0.1, 0.15) is 70.2 Å². The molecular weight excluding hydrogens is 608 g/mol. The van der Waals surface area contributed by atoms with Gasteiger partial charge in [-0.25, -0.2) is 27.3 Å². The number of carbonyl (C=O) groups excluding carboxylic acids is 2. The number of carboxylic acid groups (broad SMARTS) is 1. The second-order valence-corrected chi connectivity index (χ2v) is 15.4. The van der Waals surface area contributed by atoms with Gasteiger partial charge in [-0.05, 0) is 83.6 Å². The Labute approximate surface area is 254 Å². The molecule has 246 valence electrons. The van der Waals surface area contributed by atoms with Gasteiger partial charge < -0.3 is 20.0 Å². The van der Waals surface area contributed by atoms with Crippen molar-refractivity contribution >= 4 is 38.7 Å². The average Bonchev–Trinajstić information content (AvgIpc) is 3.59.